The predicted molar refractivity (Wildman–Crippen MR) is 125 cm³/mol. The second-order valence-corrected chi connectivity index (χ2v) is 10.2. The number of anilines is 1. The number of aryl methyl sites for hydroxylation is 1. The molecule has 9 heteroatoms. The van der Waals surface area contributed by atoms with Crippen LogP contribution in [0.15, 0.2) is 34.9 Å². The predicted octanol–water partition coefficient (Wildman–Crippen LogP) is 2.62. The highest BCUT2D eigenvalue weighted by molar-refractivity contribution is 6.07. The van der Waals surface area contributed by atoms with E-state index in [0.29, 0.717) is 18.5 Å². The summed E-state index contributed by atoms with van der Waals surface area (Å²) >= 11 is 0. The average Bonchev–Trinajstić information content (AvgIpc) is 3.39. The fourth-order valence-electron chi connectivity index (χ4n) is 4.62. The van der Waals surface area contributed by atoms with Crippen molar-refractivity contribution in [2.45, 2.75) is 52.6 Å². The first-order valence-corrected chi connectivity index (χ1v) is 11.2. The Morgan fingerprint density at radius 1 is 1.18 bits per heavy atom. The molecule has 0 unspecified atom stereocenters. The topological polar surface area (TPSA) is 112 Å². The fraction of sp³-hybridized carbons (Fsp3) is 0.440. The first kappa shape index (κ1) is 23.5. The highest BCUT2D eigenvalue weighted by Gasteiger charge is 2.54. The summed E-state index contributed by atoms with van der Waals surface area (Å²) in [4.78, 5) is 53.3. The van der Waals surface area contributed by atoms with E-state index in [1.165, 1.54) is 9.80 Å². The molecule has 2 aromatic rings. The molecule has 1 aliphatic heterocycles. The lowest BCUT2D eigenvalue weighted by molar-refractivity contribution is -0.142. The molecule has 1 fully saturated rings. The Labute approximate surface area is 198 Å². The summed E-state index contributed by atoms with van der Waals surface area (Å²) in [6.45, 7) is 7.44. The van der Waals surface area contributed by atoms with Crippen LogP contribution in [0.5, 0.6) is 0 Å². The molecule has 1 spiro atoms. The molecule has 9 nitrogen and oxygen atoms in total. The molecule has 0 saturated carbocycles. The minimum Gasteiger partial charge on any atom is -0.469 e. The quantitative estimate of drug-likeness (QED) is 0.658. The number of amides is 5. The Kier molecular flexibility index (Phi) is 5.75. The Bertz CT molecular complexity index is 1180. The van der Waals surface area contributed by atoms with Gasteiger partial charge in [-0.15, -0.1) is 0 Å². The van der Waals surface area contributed by atoms with Gasteiger partial charge in [0, 0.05) is 43.1 Å². The molecule has 2 N–H and O–H groups in total. The Morgan fingerprint density at radius 3 is 2.47 bits per heavy atom. The summed E-state index contributed by atoms with van der Waals surface area (Å²) < 4.78 is 5.34. The van der Waals surface area contributed by atoms with Crippen molar-refractivity contribution in [3.8, 4) is 0 Å². The fourth-order valence-corrected chi connectivity index (χ4v) is 4.62. The number of benzene rings is 1. The number of urea groups is 1. The molecule has 2 aliphatic rings. The number of furan rings is 1. The standard InChI is InChI=1S/C25H30N4O5/c1-15-8-16(14-34-15)12-29(22(32)24(2,3)4)13-20(30)26-19-7-6-17-10-25(11-18(17)9-19)21(31)27-23(33)28(25)5/h6-9,14H,10-13H2,1-5H3,(H,26,30)(H,27,31,33)/t25-/m0/s1. The maximum absolute atomic E-state index is 13.0. The van der Waals surface area contributed by atoms with Crippen LogP contribution in [0.2, 0.25) is 0 Å². The monoisotopic (exact) mass is 466 g/mol. The molecule has 34 heavy (non-hydrogen) atoms. The van der Waals surface area contributed by atoms with Gasteiger partial charge in [0.2, 0.25) is 11.8 Å². The zero-order valence-electron chi connectivity index (χ0n) is 20.2. The lowest BCUT2D eigenvalue weighted by atomic mass is 9.94. The number of hydrogen-bond donors (Lipinski definition) is 2. The lowest BCUT2D eigenvalue weighted by Crippen LogP contribution is -2.48. The van der Waals surface area contributed by atoms with E-state index in [4.69, 9.17) is 4.42 Å². The van der Waals surface area contributed by atoms with Gasteiger partial charge >= 0.3 is 6.03 Å². The lowest BCUT2D eigenvalue weighted by Gasteiger charge is -2.28. The zero-order chi connectivity index (χ0) is 24.8. The zero-order valence-corrected chi connectivity index (χ0v) is 20.2. The van der Waals surface area contributed by atoms with Gasteiger partial charge in [-0.2, -0.15) is 0 Å². The van der Waals surface area contributed by atoms with Crippen LogP contribution in [-0.2, 0) is 33.8 Å². The van der Waals surface area contributed by atoms with Crippen LogP contribution in [0.3, 0.4) is 0 Å². The van der Waals surface area contributed by atoms with Crippen LogP contribution < -0.4 is 10.6 Å². The molecule has 1 saturated heterocycles. The molecular weight excluding hydrogens is 436 g/mol. The van der Waals surface area contributed by atoms with Gasteiger partial charge < -0.3 is 19.5 Å². The number of nitrogens with one attached hydrogen (secondary N) is 2. The summed E-state index contributed by atoms with van der Waals surface area (Å²) in [5, 5.41) is 5.25. The third kappa shape index (κ3) is 4.30. The third-order valence-corrected chi connectivity index (χ3v) is 6.47. The summed E-state index contributed by atoms with van der Waals surface area (Å²) in [6, 6.07) is 6.93. The van der Waals surface area contributed by atoms with Crippen LogP contribution in [0, 0.1) is 12.3 Å². The van der Waals surface area contributed by atoms with E-state index in [1.54, 1.807) is 19.4 Å². The van der Waals surface area contributed by atoms with Gasteiger partial charge in [-0.1, -0.05) is 26.8 Å². The highest BCUT2D eigenvalue weighted by atomic mass is 16.3. The molecule has 2 heterocycles. The first-order chi connectivity index (χ1) is 15.9. The van der Waals surface area contributed by atoms with Gasteiger partial charge in [0.05, 0.1) is 6.26 Å². The number of nitrogens with zero attached hydrogens (tertiary/aromatic N) is 2. The molecule has 1 aromatic carbocycles. The smallest absolute Gasteiger partial charge is 0.324 e. The summed E-state index contributed by atoms with van der Waals surface area (Å²) in [7, 11) is 1.62. The summed E-state index contributed by atoms with van der Waals surface area (Å²) in [5.74, 6) is -0.0249. The van der Waals surface area contributed by atoms with Gasteiger partial charge in [0.1, 0.15) is 17.8 Å². The van der Waals surface area contributed by atoms with Crippen molar-refractivity contribution in [1.82, 2.24) is 15.1 Å². The minimum absolute atomic E-state index is 0.110. The van der Waals surface area contributed by atoms with Crippen molar-refractivity contribution in [1.29, 1.82) is 0 Å². The molecule has 1 aromatic heterocycles. The number of imide groups is 1. The maximum Gasteiger partial charge on any atom is 0.324 e. The molecule has 4 rings (SSSR count). The van der Waals surface area contributed by atoms with E-state index in [1.807, 2.05) is 45.9 Å². The maximum atomic E-state index is 13.0. The molecule has 0 bridgehead atoms. The molecular formula is C25H30N4O5. The number of carbonyl (C=O) groups excluding carboxylic acids is 4. The van der Waals surface area contributed by atoms with Crippen LogP contribution in [0.1, 0.15) is 43.2 Å². The number of fused-ring (bicyclic) bond motifs is 1. The van der Waals surface area contributed by atoms with Crippen molar-refractivity contribution in [2.24, 2.45) is 5.41 Å². The molecule has 5 amide bonds. The van der Waals surface area contributed by atoms with E-state index in [0.717, 1.165) is 22.5 Å². The van der Waals surface area contributed by atoms with Crippen molar-refractivity contribution in [3.05, 3.63) is 53.0 Å². The van der Waals surface area contributed by atoms with Gasteiger partial charge in [-0.05, 0) is 36.2 Å². The van der Waals surface area contributed by atoms with Gasteiger partial charge in [0.25, 0.3) is 5.91 Å². The Morgan fingerprint density at radius 2 is 1.88 bits per heavy atom. The number of carbonyl (C=O) groups is 4. The first-order valence-electron chi connectivity index (χ1n) is 11.2. The molecule has 1 aliphatic carbocycles. The van der Waals surface area contributed by atoms with E-state index in [-0.39, 0.29) is 30.8 Å². The van der Waals surface area contributed by atoms with E-state index < -0.39 is 17.0 Å². The van der Waals surface area contributed by atoms with Crippen molar-refractivity contribution >= 4 is 29.4 Å². The number of rotatable bonds is 5. The van der Waals surface area contributed by atoms with Crippen LogP contribution in [0.25, 0.3) is 0 Å². The Balaban J connectivity index is 1.47. The van der Waals surface area contributed by atoms with Gasteiger partial charge in [0.15, 0.2) is 0 Å². The van der Waals surface area contributed by atoms with Gasteiger partial charge in [-0.3, -0.25) is 19.7 Å². The van der Waals surface area contributed by atoms with Gasteiger partial charge in [-0.25, -0.2) is 4.79 Å². The van der Waals surface area contributed by atoms with Crippen molar-refractivity contribution in [2.75, 3.05) is 18.9 Å². The number of hydrogen-bond acceptors (Lipinski definition) is 5. The molecule has 1 atom stereocenters. The van der Waals surface area contributed by atoms with E-state index in [2.05, 4.69) is 10.6 Å². The summed E-state index contributed by atoms with van der Waals surface area (Å²) in [6.07, 6.45) is 2.41. The summed E-state index contributed by atoms with van der Waals surface area (Å²) in [5.41, 5.74) is 1.71. The number of likely N-dealkylation sites (N-methyl/N-ethyl adjacent to an activating group) is 1. The average molecular weight is 467 g/mol. The van der Waals surface area contributed by atoms with Crippen molar-refractivity contribution in [3.63, 3.8) is 0 Å². The molecule has 0 radical (unpaired) electrons. The second kappa shape index (κ2) is 8.30. The minimum atomic E-state index is -0.916. The highest BCUT2D eigenvalue weighted by Crippen LogP contribution is 2.38. The van der Waals surface area contributed by atoms with Crippen LogP contribution in [-0.4, -0.2) is 52.7 Å². The molecule has 180 valence electrons. The van der Waals surface area contributed by atoms with E-state index in [9.17, 15) is 19.2 Å². The largest absolute Gasteiger partial charge is 0.469 e. The van der Waals surface area contributed by atoms with E-state index >= 15 is 0 Å². The van der Waals surface area contributed by atoms with Crippen LogP contribution >= 0.6 is 0 Å². The SMILES string of the molecule is Cc1cc(CN(CC(=O)Nc2ccc3c(c2)C[C@@]2(C3)C(=O)NC(=O)N2C)C(=O)C(C)(C)C)co1. The third-order valence-electron chi connectivity index (χ3n) is 6.47. The normalized spacial score (nSPS) is 19.4. The van der Waals surface area contributed by atoms with Crippen molar-refractivity contribution < 1.29 is 23.6 Å². The van der Waals surface area contributed by atoms with Crippen LogP contribution in [0.4, 0.5) is 10.5 Å². The second-order valence-electron chi connectivity index (χ2n) is 10.2. The Hall–Kier alpha value is -3.62.